The summed E-state index contributed by atoms with van der Waals surface area (Å²) in [7, 11) is 1.81. The van der Waals surface area contributed by atoms with Crippen molar-refractivity contribution >= 4 is 5.96 Å². The molecule has 0 aromatic heterocycles. The molecule has 4 heteroatoms. The highest BCUT2D eigenvalue weighted by Gasteiger charge is 2.34. The molecule has 0 heterocycles. The Kier molecular flexibility index (Phi) is 5.08. The van der Waals surface area contributed by atoms with Gasteiger partial charge in [0.15, 0.2) is 5.96 Å². The number of nitrogens with zero attached hydrogens (tertiary/aromatic N) is 1. The highest BCUT2D eigenvalue weighted by molar-refractivity contribution is 5.77. The Morgan fingerprint density at radius 1 is 1.32 bits per heavy atom. The first-order chi connectivity index (χ1) is 9.13. The Balaban J connectivity index is 1.77. The van der Waals surface area contributed by atoms with Crippen molar-refractivity contribution in [2.24, 2.45) is 22.6 Å². The molecule has 0 aliphatic heterocycles. The molecule has 2 aliphatic rings. The number of rotatable bonds is 5. The van der Waals surface area contributed by atoms with Gasteiger partial charge in [0.05, 0.1) is 12.1 Å². The van der Waals surface area contributed by atoms with Crippen LogP contribution in [0.2, 0.25) is 0 Å². The van der Waals surface area contributed by atoms with E-state index in [1.807, 2.05) is 7.11 Å². The summed E-state index contributed by atoms with van der Waals surface area (Å²) in [6.07, 6.45) is 8.71. The molecular formula is C15H29N3O. The minimum absolute atomic E-state index is 0.0741. The van der Waals surface area contributed by atoms with E-state index >= 15 is 0 Å². The number of aliphatic imine (C=N–C) groups is 1. The molecule has 0 atom stereocenters. The SMILES string of the molecule is COC1(CN=C(N)NCC2CCC2)CCC(C)CC1. The van der Waals surface area contributed by atoms with Crippen molar-refractivity contribution in [3.8, 4) is 0 Å². The number of ether oxygens (including phenoxy) is 1. The lowest BCUT2D eigenvalue weighted by atomic mass is 9.79. The Hall–Kier alpha value is -0.770. The first-order valence-corrected chi connectivity index (χ1v) is 7.72. The summed E-state index contributed by atoms with van der Waals surface area (Å²) in [6.45, 7) is 3.99. The van der Waals surface area contributed by atoms with E-state index in [-0.39, 0.29) is 5.60 Å². The van der Waals surface area contributed by atoms with Gasteiger partial charge in [-0.05, 0) is 50.4 Å². The molecule has 0 bridgehead atoms. The van der Waals surface area contributed by atoms with Crippen LogP contribution >= 0.6 is 0 Å². The van der Waals surface area contributed by atoms with Crippen molar-refractivity contribution in [3.05, 3.63) is 0 Å². The Labute approximate surface area is 117 Å². The summed E-state index contributed by atoms with van der Waals surface area (Å²) in [5.41, 5.74) is 5.87. The second kappa shape index (κ2) is 6.60. The highest BCUT2D eigenvalue weighted by Crippen LogP contribution is 2.34. The highest BCUT2D eigenvalue weighted by atomic mass is 16.5. The summed E-state index contributed by atoms with van der Waals surface area (Å²) in [4.78, 5) is 4.50. The molecule has 110 valence electrons. The third-order valence-electron chi connectivity index (χ3n) is 4.95. The normalized spacial score (nSPS) is 32.9. The van der Waals surface area contributed by atoms with Crippen LogP contribution in [0.25, 0.3) is 0 Å². The van der Waals surface area contributed by atoms with Crippen LogP contribution in [0.5, 0.6) is 0 Å². The smallest absolute Gasteiger partial charge is 0.188 e. The van der Waals surface area contributed by atoms with Gasteiger partial charge in [0, 0.05) is 13.7 Å². The lowest BCUT2D eigenvalue weighted by Gasteiger charge is -2.37. The molecule has 0 aromatic carbocycles. The molecule has 2 rings (SSSR count). The van der Waals surface area contributed by atoms with Gasteiger partial charge in [-0.15, -0.1) is 0 Å². The second-order valence-electron chi connectivity index (χ2n) is 6.45. The molecule has 0 saturated heterocycles. The van der Waals surface area contributed by atoms with Crippen LogP contribution < -0.4 is 11.1 Å². The summed E-state index contributed by atoms with van der Waals surface area (Å²) in [5.74, 6) is 2.21. The van der Waals surface area contributed by atoms with Crippen molar-refractivity contribution in [2.45, 2.75) is 57.5 Å². The summed E-state index contributed by atoms with van der Waals surface area (Å²) >= 11 is 0. The second-order valence-corrected chi connectivity index (χ2v) is 6.45. The number of nitrogens with two attached hydrogens (primary N) is 1. The van der Waals surface area contributed by atoms with E-state index in [1.165, 1.54) is 32.1 Å². The van der Waals surface area contributed by atoms with E-state index in [2.05, 4.69) is 17.2 Å². The van der Waals surface area contributed by atoms with Crippen LogP contribution in [-0.2, 0) is 4.74 Å². The molecule has 0 radical (unpaired) electrons. The maximum atomic E-state index is 5.94. The molecule has 0 spiro atoms. The predicted molar refractivity (Wildman–Crippen MR) is 79.2 cm³/mol. The lowest BCUT2D eigenvalue weighted by molar-refractivity contribution is -0.0394. The van der Waals surface area contributed by atoms with Crippen LogP contribution in [0, 0.1) is 11.8 Å². The molecule has 19 heavy (non-hydrogen) atoms. The van der Waals surface area contributed by atoms with Gasteiger partial charge < -0.3 is 15.8 Å². The zero-order valence-corrected chi connectivity index (χ0v) is 12.5. The van der Waals surface area contributed by atoms with Gasteiger partial charge in [-0.1, -0.05) is 13.3 Å². The molecular weight excluding hydrogens is 238 g/mol. The van der Waals surface area contributed by atoms with Crippen molar-refractivity contribution in [2.75, 3.05) is 20.2 Å². The van der Waals surface area contributed by atoms with Gasteiger partial charge in [-0.25, -0.2) is 0 Å². The monoisotopic (exact) mass is 267 g/mol. The maximum Gasteiger partial charge on any atom is 0.188 e. The minimum atomic E-state index is -0.0741. The van der Waals surface area contributed by atoms with Gasteiger partial charge in [0.25, 0.3) is 0 Å². The summed E-state index contributed by atoms with van der Waals surface area (Å²) in [6, 6.07) is 0. The van der Waals surface area contributed by atoms with Crippen molar-refractivity contribution in [1.29, 1.82) is 0 Å². The number of guanidine groups is 1. The van der Waals surface area contributed by atoms with Crippen molar-refractivity contribution in [1.82, 2.24) is 5.32 Å². The molecule has 2 fully saturated rings. The van der Waals surface area contributed by atoms with Crippen LogP contribution in [0.1, 0.15) is 51.9 Å². The Morgan fingerprint density at radius 3 is 2.53 bits per heavy atom. The van der Waals surface area contributed by atoms with Crippen LogP contribution in [-0.4, -0.2) is 31.8 Å². The van der Waals surface area contributed by atoms with Crippen LogP contribution in [0.4, 0.5) is 0 Å². The molecule has 3 N–H and O–H groups in total. The molecule has 2 saturated carbocycles. The Morgan fingerprint density at radius 2 is 2.00 bits per heavy atom. The maximum absolute atomic E-state index is 5.94. The quantitative estimate of drug-likeness (QED) is 0.593. The first kappa shape index (κ1) is 14.6. The number of nitrogens with one attached hydrogen (secondary N) is 1. The fourth-order valence-corrected chi connectivity index (χ4v) is 2.95. The van der Waals surface area contributed by atoms with Crippen LogP contribution in [0.3, 0.4) is 0 Å². The third kappa shape index (κ3) is 4.10. The predicted octanol–water partition coefficient (Wildman–Crippen LogP) is 2.29. The van der Waals surface area contributed by atoms with Crippen molar-refractivity contribution in [3.63, 3.8) is 0 Å². The first-order valence-electron chi connectivity index (χ1n) is 7.72. The molecule has 0 amide bonds. The topological polar surface area (TPSA) is 59.6 Å². The molecule has 0 aromatic rings. The molecule has 2 aliphatic carbocycles. The van der Waals surface area contributed by atoms with Gasteiger partial charge in [0.1, 0.15) is 0 Å². The van der Waals surface area contributed by atoms with E-state index in [9.17, 15) is 0 Å². The summed E-state index contributed by atoms with van der Waals surface area (Å²) in [5, 5.41) is 3.25. The average Bonchev–Trinajstić information content (AvgIpc) is 2.37. The fraction of sp³-hybridized carbons (Fsp3) is 0.933. The summed E-state index contributed by atoms with van der Waals surface area (Å²) < 4.78 is 5.75. The largest absolute Gasteiger partial charge is 0.376 e. The van der Waals surface area contributed by atoms with E-state index in [0.717, 1.165) is 31.2 Å². The van der Waals surface area contributed by atoms with Gasteiger partial charge in [-0.2, -0.15) is 0 Å². The van der Waals surface area contributed by atoms with Crippen LogP contribution in [0.15, 0.2) is 4.99 Å². The van der Waals surface area contributed by atoms with E-state index in [4.69, 9.17) is 10.5 Å². The third-order valence-corrected chi connectivity index (χ3v) is 4.95. The number of methoxy groups -OCH3 is 1. The molecule has 4 nitrogen and oxygen atoms in total. The van der Waals surface area contributed by atoms with Gasteiger partial charge in [-0.3, -0.25) is 4.99 Å². The zero-order valence-electron chi connectivity index (χ0n) is 12.5. The van der Waals surface area contributed by atoms with Crippen molar-refractivity contribution < 1.29 is 4.74 Å². The van der Waals surface area contributed by atoms with E-state index < -0.39 is 0 Å². The van der Waals surface area contributed by atoms with Gasteiger partial charge >= 0.3 is 0 Å². The fourth-order valence-electron chi connectivity index (χ4n) is 2.95. The minimum Gasteiger partial charge on any atom is -0.376 e. The standard InChI is InChI=1S/C15H29N3O/c1-12-6-8-15(19-2,9-7-12)11-18-14(16)17-10-13-4-3-5-13/h12-13H,3-11H2,1-2H3,(H3,16,17,18). The average molecular weight is 267 g/mol. The lowest BCUT2D eigenvalue weighted by Crippen LogP contribution is -2.42. The van der Waals surface area contributed by atoms with E-state index in [1.54, 1.807) is 0 Å². The Bertz CT molecular complexity index is 305. The molecule has 0 unspecified atom stereocenters. The number of hydrogen-bond acceptors (Lipinski definition) is 2. The van der Waals surface area contributed by atoms with E-state index in [0.29, 0.717) is 12.5 Å². The number of hydrogen-bond donors (Lipinski definition) is 2. The van der Waals surface area contributed by atoms with Gasteiger partial charge in [0.2, 0.25) is 0 Å². The zero-order chi connectivity index (χ0) is 13.7.